The second-order valence-corrected chi connectivity index (χ2v) is 4.87. The van der Waals surface area contributed by atoms with Crippen molar-refractivity contribution < 1.29 is 0 Å². The Labute approximate surface area is 89.8 Å². The molecule has 0 aromatic carbocycles. The monoisotopic (exact) mass is 206 g/mol. The van der Waals surface area contributed by atoms with Crippen molar-refractivity contribution >= 4 is 5.82 Å². The maximum Gasteiger partial charge on any atom is 0.146 e. The van der Waals surface area contributed by atoms with Gasteiger partial charge in [-0.05, 0) is 25.7 Å². The molecule has 3 rings (SSSR count). The topological polar surface area (TPSA) is 56.7 Å². The van der Waals surface area contributed by atoms with E-state index >= 15 is 0 Å². The SMILES string of the molecule is Nc1c(C2CCCCC2)nnn1C1CC1. The molecule has 0 spiro atoms. The van der Waals surface area contributed by atoms with Gasteiger partial charge in [0, 0.05) is 5.92 Å². The first kappa shape index (κ1) is 9.19. The number of hydrogen-bond donors (Lipinski definition) is 1. The van der Waals surface area contributed by atoms with Gasteiger partial charge in [-0.25, -0.2) is 4.68 Å². The summed E-state index contributed by atoms with van der Waals surface area (Å²) >= 11 is 0. The molecule has 1 aromatic rings. The highest BCUT2D eigenvalue weighted by Crippen LogP contribution is 2.39. The molecule has 2 aliphatic carbocycles. The Morgan fingerprint density at radius 2 is 1.80 bits per heavy atom. The van der Waals surface area contributed by atoms with Crippen LogP contribution in [-0.4, -0.2) is 15.0 Å². The number of nitrogens with zero attached hydrogens (tertiary/aromatic N) is 3. The predicted octanol–water partition coefficient (Wildman–Crippen LogP) is 2.24. The van der Waals surface area contributed by atoms with Crippen LogP contribution in [0.15, 0.2) is 0 Å². The predicted molar refractivity (Wildman–Crippen MR) is 58.5 cm³/mol. The number of anilines is 1. The lowest BCUT2D eigenvalue weighted by Gasteiger charge is -2.19. The van der Waals surface area contributed by atoms with Crippen LogP contribution in [0.5, 0.6) is 0 Å². The Morgan fingerprint density at radius 1 is 1.07 bits per heavy atom. The van der Waals surface area contributed by atoms with Crippen molar-refractivity contribution in [1.82, 2.24) is 15.0 Å². The Kier molecular flexibility index (Phi) is 2.15. The molecule has 1 heterocycles. The molecule has 2 fully saturated rings. The van der Waals surface area contributed by atoms with E-state index in [1.54, 1.807) is 0 Å². The molecule has 2 N–H and O–H groups in total. The van der Waals surface area contributed by atoms with Crippen molar-refractivity contribution in [2.24, 2.45) is 0 Å². The molecule has 15 heavy (non-hydrogen) atoms. The number of rotatable bonds is 2. The number of aromatic nitrogens is 3. The van der Waals surface area contributed by atoms with Gasteiger partial charge in [-0.15, -0.1) is 5.10 Å². The minimum absolute atomic E-state index is 0.551. The van der Waals surface area contributed by atoms with Crippen molar-refractivity contribution in [2.45, 2.75) is 56.9 Å². The molecule has 82 valence electrons. The molecule has 2 saturated carbocycles. The van der Waals surface area contributed by atoms with Gasteiger partial charge < -0.3 is 5.73 Å². The Morgan fingerprint density at radius 3 is 2.47 bits per heavy atom. The van der Waals surface area contributed by atoms with Crippen LogP contribution in [0.3, 0.4) is 0 Å². The quantitative estimate of drug-likeness (QED) is 0.807. The third-order valence-electron chi connectivity index (χ3n) is 3.64. The highest BCUT2D eigenvalue weighted by Gasteiger charge is 2.30. The summed E-state index contributed by atoms with van der Waals surface area (Å²) in [5, 5.41) is 8.48. The lowest BCUT2D eigenvalue weighted by atomic mass is 9.87. The summed E-state index contributed by atoms with van der Waals surface area (Å²) < 4.78 is 1.93. The molecule has 1 aromatic heterocycles. The first-order valence-corrected chi connectivity index (χ1v) is 6.07. The van der Waals surface area contributed by atoms with Gasteiger partial charge in [0.2, 0.25) is 0 Å². The Bertz CT molecular complexity index is 347. The summed E-state index contributed by atoms with van der Waals surface area (Å²) in [5.41, 5.74) is 7.18. The van der Waals surface area contributed by atoms with Gasteiger partial charge in [0.15, 0.2) is 0 Å². The Hall–Kier alpha value is -1.06. The molecule has 0 atom stereocenters. The second-order valence-electron chi connectivity index (χ2n) is 4.87. The fraction of sp³-hybridized carbons (Fsp3) is 0.818. The standard InChI is InChI=1S/C11H18N4/c12-11-10(8-4-2-1-3-5-8)13-14-15(11)9-6-7-9/h8-9H,1-7,12H2. The summed E-state index contributed by atoms with van der Waals surface area (Å²) in [6.07, 6.45) is 8.93. The molecule has 4 heteroatoms. The summed E-state index contributed by atoms with van der Waals surface area (Å²) in [5.74, 6) is 1.41. The molecule has 0 bridgehead atoms. The smallest absolute Gasteiger partial charge is 0.146 e. The third-order valence-corrected chi connectivity index (χ3v) is 3.64. The van der Waals surface area contributed by atoms with Crippen LogP contribution in [0.25, 0.3) is 0 Å². The molecular formula is C11H18N4. The second kappa shape index (κ2) is 3.51. The van der Waals surface area contributed by atoms with E-state index in [0.29, 0.717) is 12.0 Å². The van der Waals surface area contributed by atoms with Crippen LogP contribution in [0.4, 0.5) is 5.82 Å². The molecule has 0 aliphatic heterocycles. The van der Waals surface area contributed by atoms with Gasteiger partial charge in [0.1, 0.15) is 11.5 Å². The molecular weight excluding hydrogens is 188 g/mol. The van der Waals surface area contributed by atoms with E-state index in [1.165, 1.54) is 44.9 Å². The molecule has 2 aliphatic rings. The third kappa shape index (κ3) is 1.62. The lowest BCUT2D eigenvalue weighted by Crippen LogP contribution is -2.09. The minimum Gasteiger partial charge on any atom is -0.382 e. The van der Waals surface area contributed by atoms with E-state index in [4.69, 9.17) is 5.73 Å². The summed E-state index contributed by atoms with van der Waals surface area (Å²) in [4.78, 5) is 0. The average Bonchev–Trinajstić information content (AvgIpc) is 3.04. The summed E-state index contributed by atoms with van der Waals surface area (Å²) in [6.45, 7) is 0. The van der Waals surface area contributed by atoms with Crippen LogP contribution in [0, 0.1) is 0 Å². The van der Waals surface area contributed by atoms with E-state index in [0.717, 1.165) is 11.5 Å². The van der Waals surface area contributed by atoms with E-state index in [1.807, 2.05) is 4.68 Å². The van der Waals surface area contributed by atoms with Crippen LogP contribution >= 0.6 is 0 Å². The van der Waals surface area contributed by atoms with Crippen LogP contribution in [0.2, 0.25) is 0 Å². The number of hydrogen-bond acceptors (Lipinski definition) is 3. The van der Waals surface area contributed by atoms with E-state index in [-0.39, 0.29) is 0 Å². The Balaban J connectivity index is 1.83. The number of nitrogen functional groups attached to an aromatic ring is 1. The lowest BCUT2D eigenvalue weighted by molar-refractivity contribution is 0.437. The van der Waals surface area contributed by atoms with Crippen molar-refractivity contribution in [3.05, 3.63) is 5.69 Å². The molecule has 0 unspecified atom stereocenters. The van der Waals surface area contributed by atoms with Gasteiger partial charge in [-0.2, -0.15) is 0 Å². The van der Waals surface area contributed by atoms with Crippen LogP contribution in [0.1, 0.15) is 62.6 Å². The fourth-order valence-corrected chi connectivity index (χ4v) is 2.57. The fourth-order valence-electron chi connectivity index (χ4n) is 2.57. The minimum atomic E-state index is 0.551. The largest absolute Gasteiger partial charge is 0.382 e. The average molecular weight is 206 g/mol. The zero-order valence-electron chi connectivity index (χ0n) is 9.02. The van der Waals surface area contributed by atoms with Crippen LogP contribution in [-0.2, 0) is 0 Å². The maximum absolute atomic E-state index is 6.11. The van der Waals surface area contributed by atoms with Crippen molar-refractivity contribution in [1.29, 1.82) is 0 Å². The van der Waals surface area contributed by atoms with Gasteiger partial charge in [-0.3, -0.25) is 0 Å². The highest BCUT2D eigenvalue weighted by molar-refractivity contribution is 5.37. The molecule has 0 saturated heterocycles. The van der Waals surface area contributed by atoms with Gasteiger partial charge >= 0.3 is 0 Å². The van der Waals surface area contributed by atoms with Crippen molar-refractivity contribution in [3.8, 4) is 0 Å². The van der Waals surface area contributed by atoms with Gasteiger partial charge in [0.05, 0.1) is 6.04 Å². The first-order chi connectivity index (χ1) is 7.36. The molecule has 4 nitrogen and oxygen atoms in total. The van der Waals surface area contributed by atoms with E-state index in [2.05, 4.69) is 10.3 Å². The van der Waals surface area contributed by atoms with Crippen molar-refractivity contribution in [2.75, 3.05) is 5.73 Å². The molecule has 0 amide bonds. The normalized spacial score (nSPS) is 23.2. The van der Waals surface area contributed by atoms with Crippen molar-refractivity contribution in [3.63, 3.8) is 0 Å². The van der Waals surface area contributed by atoms with Gasteiger partial charge in [-0.1, -0.05) is 24.5 Å². The maximum atomic E-state index is 6.11. The van der Waals surface area contributed by atoms with E-state index in [9.17, 15) is 0 Å². The summed E-state index contributed by atoms with van der Waals surface area (Å²) in [6, 6.07) is 0.551. The van der Waals surface area contributed by atoms with Gasteiger partial charge in [0.25, 0.3) is 0 Å². The van der Waals surface area contributed by atoms with Crippen LogP contribution < -0.4 is 5.73 Å². The zero-order valence-corrected chi connectivity index (χ0v) is 9.02. The molecule has 0 radical (unpaired) electrons. The highest BCUT2D eigenvalue weighted by atomic mass is 15.5. The zero-order chi connectivity index (χ0) is 10.3. The van der Waals surface area contributed by atoms with E-state index < -0.39 is 0 Å². The first-order valence-electron chi connectivity index (χ1n) is 6.07. The number of nitrogens with two attached hydrogens (primary N) is 1. The summed E-state index contributed by atoms with van der Waals surface area (Å²) in [7, 11) is 0.